The summed E-state index contributed by atoms with van der Waals surface area (Å²) in [5.41, 5.74) is 1.59. The molecule has 150 valence electrons. The Labute approximate surface area is 164 Å². The van der Waals surface area contributed by atoms with Crippen molar-refractivity contribution in [2.24, 2.45) is 4.99 Å². The Hall–Kier alpha value is -2.94. The Morgan fingerprint density at radius 3 is 2.39 bits per heavy atom. The molecule has 0 saturated heterocycles. The fraction of sp³-hybridized carbons (Fsp3) is 0.316. The standard InChI is InChI=1S/C19H24N4O4S/c1-3-20-19(22-14-16-6-4-5-7-18(16)23(24)25)21-13-12-15-8-10-17(11-9-15)28(2,26)27/h4-11H,3,12-14H2,1-2H3,(H2,20,21,22). The van der Waals surface area contributed by atoms with Crippen molar-refractivity contribution in [2.75, 3.05) is 19.3 Å². The van der Waals surface area contributed by atoms with Gasteiger partial charge in [-0.2, -0.15) is 0 Å². The van der Waals surface area contributed by atoms with Crippen LogP contribution in [-0.2, 0) is 22.8 Å². The highest BCUT2D eigenvalue weighted by Crippen LogP contribution is 2.18. The summed E-state index contributed by atoms with van der Waals surface area (Å²) in [6.07, 6.45) is 1.86. The van der Waals surface area contributed by atoms with Gasteiger partial charge in [-0.3, -0.25) is 10.1 Å². The Kier molecular flexibility index (Phi) is 7.51. The van der Waals surface area contributed by atoms with Gasteiger partial charge in [0.15, 0.2) is 15.8 Å². The molecule has 0 unspecified atom stereocenters. The zero-order valence-electron chi connectivity index (χ0n) is 15.9. The summed E-state index contributed by atoms with van der Waals surface area (Å²) in [6.45, 7) is 3.37. The molecule has 0 spiro atoms. The van der Waals surface area contributed by atoms with Crippen molar-refractivity contribution in [3.63, 3.8) is 0 Å². The summed E-state index contributed by atoms with van der Waals surface area (Å²) >= 11 is 0. The number of para-hydroxylation sites is 1. The summed E-state index contributed by atoms with van der Waals surface area (Å²) < 4.78 is 23.0. The molecular formula is C19H24N4O4S. The van der Waals surface area contributed by atoms with E-state index in [1.54, 1.807) is 42.5 Å². The predicted molar refractivity (Wildman–Crippen MR) is 109 cm³/mol. The molecule has 0 aliphatic heterocycles. The first-order valence-electron chi connectivity index (χ1n) is 8.84. The Balaban J connectivity index is 1.97. The van der Waals surface area contributed by atoms with E-state index in [9.17, 15) is 18.5 Å². The van der Waals surface area contributed by atoms with Crippen LogP contribution in [-0.4, -0.2) is 38.6 Å². The number of sulfone groups is 1. The van der Waals surface area contributed by atoms with Gasteiger partial charge in [0, 0.05) is 25.4 Å². The molecule has 9 heteroatoms. The second kappa shape index (κ2) is 9.84. The lowest BCUT2D eigenvalue weighted by Crippen LogP contribution is -2.38. The summed E-state index contributed by atoms with van der Waals surface area (Å²) in [5.74, 6) is 0.563. The number of aliphatic imine (C=N–C) groups is 1. The molecule has 0 aliphatic carbocycles. The zero-order chi connectivity index (χ0) is 20.6. The Bertz CT molecular complexity index is 941. The molecule has 0 saturated carbocycles. The third-order valence-corrected chi connectivity index (χ3v) is 5.13. The molecule has 0 aromatic heterocycles. The van der Waals surface area contributed by atoms with Crippen LogP contribution < -0.4 is 10.6 Å². The van der Waals surface area contributed by atoms with E-state index in [1.165, 1.54) is 12.3 Å². The van der Waals surface area contributed by atoms with Crippen molar-refractivity contribution >= 4 is 21.5 Å². The van der Waals surface area contributed by atoms with Crippen LogP contribution in [0.4, 0.5) is 5.69 Å². The number of nitro groups is 1. The van der Waals surface area contributed by atoms with Gasteiger partial charge in [0.25, 0.3) is 5.69 Å². The van der Waals surface area contributed by atoms with Gasteiger partial charge >= 0.3 is 0 Å². The van der Waals surface area contributed by atoms with Crippen LogP contribution in [0.1, 0.15) is 18.1 Å². The van der Waals surface area contributed by atoms with Gasteiger partial charge in [-0.15, -0.1) is 0 Å². The van der Waals surface area contributed by atoms with E-state index < -0.39 is 14.8 Å². The lowest BCUT2D eigenvalue weighted by molar-refractivity contribution is -0.385. The maximum atomic E-state index is 11.5. The quantitative estimate of drug-likeness (QED) is 0.302. The fourth-order valence-electron chi connectivity index (χ4n) is 2.56. The minimum atomic E-state index is -3.20. The molecule has 0 bridgehead atoms. The van der Waals surface area contributed by atoms with Crippen LogP contribution in [0.25, 0.3) is 0 Å². The molecule has 2 rings (SSSR count). The maximum absolute atomic E-state index is 11.5. The molecule has 8 nitrogen and oxygen atoms in total. The molecule has 2 aromatic rings. The summed E-state index contributed by atoms with van der Waals surface area (Å²) in [6, 6.07) is 13.3. The first-order valence-corrected chi connectivity index (χ1v) is 10.7. The smallest absolute Gasteiger partial charge is 0.274 e. The first kappa shape index (κ1) is 21.4. The lowest BCUT2D eigenvalue weighted by Gasteiger charge is -2.11. The van der Waals surface area contributed by atoms with Crippen LogP contribution in [0.15, 0.2) is 58.4 Å². The van der Waals surface area contributed by atoms with Gasteiger partial charge < -0.3 is 10.6 Å². The number of benzene rings is 2. The van der Waals surface area contributed by atoms with Crippen molar-refractivity contribution in [2.45, 2.75) is 24.8 Å². The zero-order valence-corrected chi connectivity index (χ0v) is 16.7. The van der Waals surface area contributed by atoms with Crippen LogP contribution in [0, 0.1) is 10.1 Å². The highest BCUT2D eigenvalue weighted by atomic mass is 32.2. The minimum absolute atomic E-state index is 0.0491. The first-order chi connectivity index (χ1) is 13.3. The Morgan fingerprint density at radius 2 is 1.79 bits per heavy atom. The van der Waals surface area contributed by atoms with E-state index in [-0.39, 0.29) is 12.2 Å². The molecule has 0 amide bonds. The van der Waals surface area contributed by atoms with Crippen molar-refractivity contribution < 1.29 is 13.3 Å². The molecule has 0 atom stereocenters. The third-order valence-electron chi connectivity index (χ3n) is 4.00. The number of hydrogen-bond donors (Lipinski definition) is 2. The maximum Gasteiger partial charge on any atom is 0.274 e. The molecular weight excluding hydrogens is 380 g/mol. The van der Waals surface area contributed by atoms with Gasteiger partial charge in [0.1, 0.15) is 0 Å². The summed E-state index contributed by atoms with van der Waals surface area (Å²) in [7, 11) is -3.20. The van der Waals surface area contributed by atoms with Crippen LogP contribution in [0.3, 0.4) is 0 Å². The van der Waals surface area contributed by atoms with Crippen LogP contribution >= 0.6 is 0 Å². The number of rotatable bonds is 8. The van der Waals surface area contributed by atoms with Crippen LogP contribution in [0.5, 0.6) is 0 Å². The predicted octanol–water partition coefficient (Wildman–Crippen LogP) is 2.30. The van der Waals surface area contributed by atoms with Crippen molar-refractivity contribution in [3.05, 3.63) is 69.8 Å². The second-order valence-corrected chi connectivity index (χ2v) is 8.19. The van der Waals surface area contributed by atoms with Gasteiger partial charge in [-0.25, -0.2) is 13.4 Å². The SMILES string of the molecule is CCNC(=NCc1ccccc1[N+](=O)[O-])NCCc1ccc(S(C)(=O)=O)cc1. The van der Waals surface area contributed by atoms with E-state index in [2.05, 4.69) is 15.6 Å². The van der Waals surface area contributed by atoms with Crippen molar-refractivity contribution in [1.82, 2.24) is 10.6 Å². The van der Waals surface area contributed by atoms with Crippen molar-refractivity contribution in [3.8, 4) is 0 Å². The fourth-order valence-corrected chi connectivity index (χ4v) is 3.19. The van der Waals surface area contributed by atoms with Gasteiger partial charge in [0.05, 0.1) is 21.9 Å². The lowest BCUT2D eigenvalue weighted by atomic mass is 10.1. The molecule has 28 heavy (non-hydrogen) atoms. The molecule has 2 N–H and O–H groups in total. The number of nitrogens with zero attached hydrogens (tertiary/aromatic N) is 2. The molecule has 2 aromatic carbocycles. The molecule has 0 heterocycles. The Morgan fingerprint density at radius 1 is 1.11 bits per heavy atom. The van der Waals surface area contributed by atoms with E-state index >= 15 is 0 Å². The number of guanidine groups is 1. The average molecular weight is 404 g/mol. The van der Waals surface area contributed by atoms with Crippen LogP contribution in [0.2, 0.25) is 0 Å². The number of nitro benzene ring substituents is 1. The van der Waals surface area contributed by atoms with E-state index in [0.717, 1.165) is 5.56 Å². The highest BCUT2D eigenvalue weighted by molar-refractivity contribution is 7.90. The van der Waals surface area contributed by atoms with E-state index in [0.29, 0.717) is 35.9 Å². The largest absolute Gasteiger partial charge is 0.357 e. The molecule has 0 aliphatic rings. The second-order valence-electron chi connectivity index (χ2n) is 6.17. The van der Waals surface area contributed by atoms with Gasteiger partial charge in [-0.05, 0) is 31.0 Å². The van der Waals surface area contributed by atoms with Crippen molar-refractivity contribution in [1.29, 1.82) is 0 Å². The average Bonchev–Trinajstić information content (AvgIpc) is 2.66. The summed E-state index contributed by atoms with van der Waals surface area (Å²) in [5, 5.41) is 17.4. The molecule has 0 fully saturated rings. The minimum Gasteiger partial charge on any atom is -0.357 e. The van der Waals surface area contributed by atoms with Gasteiger partial charge in [-0.1, -0.05) is 30.3 Å². The monoisotopic (exact) mass is 404 g/mol. The normalized spacial score (nSPS) is 11.9. The summed E-state index contributed by atoms with van der Waals surface area (Å²) in [4.78, 5) is 15.4. The number of nitrogens with one attached hydrogen (secondary N) is 2. The third kappa shape index (κ3) is 6.34. The topological polar surface area (TPSA) is 114 Å². The van der Waals surface area contributed by atoms with E-state index in [4.69, 9.17) is 0 Å². The highest BCUT2D eigenvalue weighted by Gasteiger charge is 2.11. The molecule has 0 radical (unpaired) electrons. The van der Waals surface area contributed by atoms with Gasteiger partial charge in [0.2, 0.25) is 0 Å². The number of hydrogen-bond acceptors (Lipinski definition) is 5. The van der Waals surface area contributed by atoms with E-state index in [1.807, 2.05) is 6.92 Å².